The highest BCUT2D eigenvalue weighted by Gasteiger charge is 2.31. The molecule has 1 aromatic carbocycles. The molecular formula is C15H22N4O2. The van der Waals surface area contributed by atoms with Gasteiger partial charge in [-0.1, -0.05) is 0 Å². The zero-order chi connectivity index (χ0) is 15.8. The van der Waals surface area contributed by atoms with Crippen molar-refractivity contribution in [1.82, 2.24) is 0 Å². The largest absolute Gasteiger partial charge is 0.507 e. The summed E-state index contributed by atoms with van der Waals surface area (Å²) in [7, 11) is 0. The molecule has 5 N–H and O–H groups in total. The second-order valence-electron chi connectivity index (χ2n) is 5.95. The van der Waals surface area contributed by atoms with Crippen LogP contribution in [0.4, 0.5) is 0 Å². The van der Waals surface area contributed by atoms with Crippen LogP contribution >= 0.6 is 0 Å². The summed E-state index contributed by atoms with van der Waals surface area (Å²) in [5, 5.41) is 17.7. The average Bonchev–Trinajstić information content (AvgIpc) is 2.39. The minimum atomic E-state index is -0.248. The Labute approximate surface area is 124 Å². The Morgan fingerprint density at radius 2 is 1.95 bits per heavy atom. The molecule has 114 valence electrons. The van der Waals surface area contributed by atoms with Crippen LogP contribution in [0.25, 0.3) is 0 Å². The van der Waals surface area contributed by atoms with Gasteiger partial charge in [-0.3, -0.25) is 0 Å². The van der Waals surface area contributed by atoms with E-state index < -0.39 is 0 Å². The van der Waals surface area contributed by atoms with Gasteiger partial charge in [0.1, 0.15) is 17.1 Å². The Kier molecular flexibility index (Phi) is 3.80. The Morgan fingerprint density at radius 3 is 2.57 bits per heavy atom. The molecule has 0 aliphatic carbocycles. The molecule has 0 amide bonds. The molecule has 6 heteroatoms. The first kappa shape index (κ1) is 15.2. The van der Waals surface area contributed by atoms with Gasteiger partial charge in [-0.2, -0.15) is 5.10 Å². The zero-order valence-electron chi connectivity index (χ0n) is 12.9. The van der Waals surface area contributed by atoms with Crippen LogP contribution in [0.2, 0.25) is 0 Å². The van der Waals surface area contributed by atoms with Gasteiger partial charge in [-0.25, -0.2) is 0 Å². The van der Waals surface area contributed by atoms with Gasteiger partial charge >= 0.3 is 0 Å². The molecule has 1 aliphatic heterocycles. The van der Waals surface area contributed by atoms with Crippen molar-refractivity contribution in [3.8, 4) is 11.5 Å². The summed E-state index contributed by atoms with van der Waals surface area (Å²) >= 11 is 0. The molecule has 0 bridgehead atoms. The monoisotopic (exact) mass is 290 g/mol. The van der Waals surface area contributed by atoms with Crippen molar-refractivity contribution < 1.29 is 9.84 Å². The predicted octanol–water partition coefficient (Wildman–Crippen LogP) is 1.72. The van der Waals surface area contributed by atoms with E-state index in [-0.39, 0.29) is 17.3 Å². The summed E-state index contributed by atoms with van der Waals surface area (Å²) in [6.07, 6.45) is 3.27. The molecule has 1 aromatic rings. The van der Waals surface area contributed by atoms with E-state index in [0.717, 1.165) is 29.7 Å². The van der Waals surface area contributed by atoms with Gasteiger partial charge in [0.15, 0.2) is 0 Å². The van der Waals surface area contributed by atoms with E-state index in [1.807, 2.05) is 27.7 Å². The number of nitrogens with two attached hydrogens (primary N) is 2. The SMILES string of the molecule is Cc1c(O)c(C)c2c(c1/C=N\N=C(N)N)OC(C)(C)CC2. The van der Waals surface area contributed by atoms with Gasteiger partial charge in [0.05, 0.1) is 6.21 Å². The first-order valence-electron chi connectivity index (χ1n) is 6.89. The molecule has 2 rings (SSSR count). The lowest BCUT2D eigenvalue weighted by molar-refractivity contribution is 0.0839. The van der Waals surface area contributed by atoms with E-state index in [1.54, 1.807) is 0 Å². The van der Waals surface area contributed by atoms with Crippen molar-refractivity contribution in [3.63, 3.8) is 0 Å². The van der Waals surface area contributed by atoms with Gasteiger partial charge in [0.25, 0.3) is 0 Å². The lowest BCUT2D eigenvalue weighted by Gasteiger charge is -2.35. The minimum absolute atomic E-state index is 0.115. The van der Waals surface area contributed by atoms with E-state index in [4.69, 9.17) is 16.2 Å². The van der Waals surface area contributed by atoms with Gasteiger partial charge < -0.3 is 21.3 Å². The highest BCUT2D eigenvalue weighted by atomic mass is 16.5. The number of phenolic OH excluding ortho intramolecular Hbond substituents is 1. The van der Waals surface area contributed by atoms with Gasteiger partial charge in [-0.15, -0.1) is 5.10 Å². The van der Waals surface area contributed by atoms with Crippen LogP contribution in [0, 0.1) is 13.8 Å². The van der Waals surface area contributed by atoms with Crippen molar-refractivity contribution >= 4 is 12.2 Å². The topological polar surface area (TPSA) is 106 Å². The number of benzene rings is 1. The van der Waals surface area contributed by atoms with Crippen LogP contribution in [-0.2, 0) is 6.42 Å². The molecule has 1 heterocycles. The van der Waals surface area contributed by atoms with E-state index >= 15 is 0 Å². The van der Waals surface area contributed by atoms with Gasteiger partial charge in [-0.05, 0) is 46.1 Å². The Hall–Kier alpha value is -2.24. The number of phenols is 1. The van der Waals surface area contributed by atoms with E-state index in [2.05, 4.69) is 10.2 Å². The fraction of sp³-hybridized carbons (Fsp3) is 0.467. The van der Waals surface area contributed by atoms with Crippen molar-refractivity contribution in [1.29, 1.82) is 0 Å². The Balaban J connectivity index is 2.61. The smallest absolute Gasteiger partial charge is 0.211 e. The lowest BCUT2D eigenvalue weighted by Crippen LogP contribution is -2.33. The predicted molar refractivity (Wildman–Crippen MR) is 84.0 cm³/mol. The Bertz CT molecular complexity index is 629. The van der Waals surface area contributed by atoms with Crippen molar-refractivity contribution in [2.75, 3.05) is 0 Å². The third-order valence-corrected chi connectivity index (χ3v) is 3.80. The number of ether oxygens (including phenoxy) is 1. The molecule has 6 nitrogen and oxygen atoms in total. The first-order valence-corrected chi connectivity index (χ1v) is 6.89. The standard InChI is InChI=1S/C15H22N4O2/c1-8-10-5-6-15(3,4)21-13(10)11(9(2)12(8)20)7-18-19-14(16)17/h7,20H,5-6H2,1-4H3,(H4,16,17,19)/b18-7-. The summed E-state index contributed by atoms with van der Waals surface area (Å²) in [5.74, 6) is 0.909. The normalized spacial score (nSPS) is 16.4. The highest BCUT2D eigenvalue weighted by molar-refractivity contribution is 5.89. The van der Waals surface area contributed by atoms with Gasteiger partial charge in [0.2, 0.25) is 5.96 Å². The number of rotatable bonds is 2. The summed E-state index contributed by atoms with van der Waals surface area (Å²) in [4.78, 5) is 0. The van der Waals surface area contributed by atoms with Crippen LogP contribution in [0.1, 0.15) is 42.5 Å². The van der Waals surface area contributed by atoms with E-state index in [1.165, 1.54) is 6.21 Å². The molecule has 0 radical (unpaired) electrons. The second-order valence-corrected chi connectivity index (χ2v) is 5.95. The third-order valence-electron chi connectivity index (χ3n) is 3.80. The third kappa shape index (κ3) is 2.94. The lowest BCUT2D eigenvalue weighted by atomic mass is 9.88. The summed E-state index contributed by atoms with van der Waals surface area (Å²) in [5.41, 5.74) is 13.6. The molecule has 0 fully saturated rings. The summed E-state index contributed by atoms with van der Waals surface area (Å²) in [6.45, 7) is 7.82. The summed E-state index contributed by atoms with van der Waals surface area (Å²) in [6, 6.07) is 0. The molecular weight excluding hydrogens is 268 g/mol. The van der Waals surface area contributed by atoms with Crippen molar-refractivity contribution in [2.45, 2.75) is 46.1 Å². The first-order chi connectivity index (χ1) is 9.73. The molecule has 0 unspecified atom stereocenters. The van der Waals surface area contributed by atoms with Crippen LogP contribution in [0.3, 0.4) is 0 Å². The number of aromatic hydroxyl groups is 1. The van der Waals surface area contributed by atoms with E-state index in [0.29, 0.717) is 11.1 Å². The van der Waals surface area contributed by atoms with Crippen LogP contribution in [-0.4, -0.2) is 22.9 Å². The number of hydrogen-bond acceptors (Lipinski definition) is 4. The average molecular weight is 290 g/mol. The molecule has 1 aliphatic rings. The number of guanidine groups is 1. The Morgan fingerprint density at radius 1 is 1.29 bits per heavy atom. The zero-order valence-corrected chi connectivity index (χ0v) is 12.9. The minimum Gasteiger partial charge on any atom is -0.507 e. The fourth-order valence-electron chi connectivity index (χ4n) is 2.53. The fourth-order valence-corrected chi connectivity index (χ4v) is 2.53. The molecule has 0 saturated heterocycles. The van der Waals surface area contributed by atoms with Gasteiger partial charge in [0, 0.05) is 16.7 Å². The van der Waals surface area contributed by atoms with E-state index in [9.17, 15) is 5.11 Å². The van der Waals surface area contributed by atoms with Crippen LogP contribution < -0.4 is 16.2 Å². The second kappa shape index (κ2) is 5.27. The number of hydrogen-bond donors (Lipinski definition) is 3. The molecule has 0 saturated carbocycles. The maximum atomic E-state index is 10.3. The number of nitrogens with zero attached hydrogens (tertiary/aromatic N) is 2. The molecule has 0 spiro atoms. The maximum Gasteiger partial charge on any atom is 0.211 e. The molecule has 0 atom stereocenters. The maximum absolute atomic E-state index is 10.3. The van der Waals surface area contributed by atoms with Crippen molar-refractivity contribution in [3.05, 3.63) is 22.3 Å². The summed E-state index contributed by atoms with van der Waals surface area (Å²) < 4.78 is 6.11. The van der Waals surface area contributed by atoms with Crippen molar-refractivity contribution in [2.24, 2.45) is 21.7 Å². The quantitative estimate of drug-likeness (QED) is 0.438. The molecule has 0 aromatic heterocycles. The van der Waals surface area contributed by atoms with Crippen LogP contribution in [0.15, 0.2) is 10.2 Å². The highest BCUT2D eigenvalue weighted by Crippen LogP contribution is 2.42. The molecule has 21 heavy (non-hydrogen) atoms. The number of fused-ring (bicyclic) bond motifs is 1. The van der Waals surface area contributed by atoms with Crippen LogP contribution in [0.5, 0.6) is 11.5 Å².